The first kappa shape index (κ1) is 24.5. The number of piperazine rings is 1. The number of H-pyrrole nitrogens is 2. The molecule has 0 aliphatic carbocycles. The Bertz CT molecular complexity index is 1210. The molecule has 4 rings (SSSR count). The lowest BCUT2D eigenvalue weighted by Gasteiger charge is -2.33. The van der Waals surface area contributed by atoms with E-state index in [2.05, 4.69) is 82.0 Å². The van der Waals surface area contributed by atoms with E-state index in [1.807, 2.05) is 18.2 Å². The van der Waals surface area contributed by atoms with Crippen LogP contribution >= 0.6 is 0 Å². The highest BCUT2D eigenvalue weighted by Gasteiger charge is 2.17. The first-order valence-electron chi connectivity index (χ1n) is 12.2. The van der Waals surface area contributed by atoms with E-state index in [9.17, 15) is 0 Å². The highest BCUT2D eigenvalue weighted by molar-refractivity contribution is 5.94. The fourth-order valence-electron chi connectivity index (χ4n) is 4.26. The van der Waals surface area contributed by atoms with Gasteiger partial charge in [-0.25, -0.2) is 9.98 Å². The Balaban J connectivity index is 1.53. The minimum absolute atomic E-state index is 0.210. The van der Waals surface area contributed by atoms with Gasteiger partial charge in [-0.3, -0.25) is 5.10 Å². The third-order valence-corrected chi connectivity index (χ3v) is 6.27. The minimum atomic E-state index is 0.210. The molecule has 0 unspecified atom stereocenters. The van der Waals surface area contributed by atoms with Crippen molar-refractivity contribution >= 4 is 29.3 Å². The molecular weight excluding hydrogens is 440 g/mol. The fourth-order valence-corrected chi connectivity index (χ4v) is 4.26. The van der Waals surface area contributed by atoms with Crippen molar-refractivity contribution < 1.29 is 4.74 Å². The number of aliphatic imine (C=N–C) groups is 2. The molecule has 1 fully saturated rings. The Hall–Kier alpha value is -3.59. The zero-order valence-electron chi connectivity index (χ0n) is 21.2. The van der Waals surface area contributed by atoms with Crippen LogP contribution in [-0.2, 0) is 6.42 Å². The van der Waals surface area contributed by atoms with Crippen molar-refractivity contribution in [3.05, 3.63) is 53.1 Å². The summed E-state index contributed by atoms with van der Waals surface area (Å²) in [6, 6.07) is 8.20. The Kier molecular flexibility index (Phi) is 7.87. The van der Waals surface area contributed by atoms with Gasteiger partial charge < -0.3 is 24.8 Å². The molecular formula is C26H36N8O. The molecule has 0 spiro atoms. The third-order valence-electron chi connectivity index (χ3n) is 6.27. The van der Waals surface area contributed by atoms with E-state index < -0.39 is 0 Å². The van der Waals surface area contributed by atoms with Gasteiger partial charge in [0.15, 0.2) is 12.5 Å². The number of amidine groups is 1. The molecule has 0 saturated carbocycles. The summed E-state index contributed by atoms with van der Waals surface area (Å²) >= 11 is 0. The van der Waals surface area contributed by atoms with Crippen molar-refractivity contribution in [2.24, 2.45) is 9.98 Å². The lowest BCUT2D eigenvalue weighted by molar-refractivity contribution is 0.214. The molecule has 3 heterocycles. The van der Waals surface area contributed by atoms with Crippen LogP contribution in [0, 0.1) is 13.8 Å². The molecule has 0 atom stereocenters. The summed E-state index contributed by atoms with van der Waals surface area (Å²) in [7, 11) is 2.14. The number of aromatic nitrogens is 3. The SMILES string of the molecule is C=N/C(=C\C(=N/COc1ccc2[nH]c(C)cc2c1C)N1CCN(C)CC1)Nc1cc(CCC)[nH]n1. The Morgan fingerprint density at radius 1 is 1.23 bits per heavy atom. The number of rotatable bonds is 9. The standard InChI is InChI=1S/C26H36N8O/c1-6-7-20-15-25(32-31-20)30-24(27-4)16-26(34-12-10-33(5)11-13-34)28-17-35-23-9-8-22-21(19(23)3)14-18(2)29-22/h8-9,14-16,29H,4,6-7,10-13,17H2,1-3,5H3,(H2,30,31,32)/b24-16+,28-26+. The topological polar surface area (TPSA) is 96.9 Å². The lowest BCUT2D eigenvalue weighted by Crippen LogP contribution is -2.47. The largest absolute Gasteiger partial charge is 0.471 e. The molecule has 1 aliphatic rings. The van der Waals surface area contributed by atoms with Crippen molar-refractivity contribution in [3.8, 4) is 5.75 Å². The number of nitrogens with one attached hydrogen (secondary N) is 3. The number of hydrogen-bond donors (Lipinski definition) is 3. The summed E-state index contributed by atoms with van der Waals surface area (Å²) < 4.78 is 6.11. The summed E-state index contributed by atoms with van der Waals surface area (Å²) in [5.74, 6) is 2.96. The summed E-state index contributed by atoms with van der Waals surface area (Å²) in [5, 5.41) is 11.8. The van der Waals surface area contributed by atoms with Crippen LogP contribution < -0.4 is 10.1 Å². The molecule has 1 aromatic carbocycles. The van der Waals surface area contributed by atoms with Crippen LogP contribution in [0.2, 0.25) is 0 Å². The molecule has 186 valence electrons. The summed E-state index contributed by atoms with van der Waals surface area (Å²) in [5.41, 5.74) is 4.45. The van der Waals surface area contributed by atoms with Crippen molar-refractivity contribution in [3.63, 3.8) is 0 Å². The molecule has 9 heteroatoms. The van der Waals surface area contributed by atoms with Gasteiger partial charge in [-0.2, -0.15) is 5.10 Å². The van der Waals surface area contributed by atoms with Gasteiger partial charge in [0, 0.05) is 66.2 Å². The third kappa shape index (κ3) is 6.10. The molecule has 0 radical (unpaired) electrons. The molecule has 3 N–H and O–H groups in total. The molecule has 0 bridgehead atoms. The van der Waals surface area contributed by atoms with E-state index in [-0.39, 0.29) is 6.73 Å². The smallest absolute Gasteiger partial charge is 0.181 e. The normalized spacial score (nSPS) is 15.6. The van der Waals surface area contributed by atoms with Crippen molar-refractivity contribution in [1.29, 1.82) is 0 Å². The summed E-state index contributed by atoms with van der Waals surface area (Å²) in [6.07, 6.45) is 3.93. The maximum Gasteiger partial charge on any atom is 0.181 e. The number of aryl methyl sites for hydroxylation is 3. The van der Waals surface area contributed by atoms with Gasteiger partial charge in [0.2, 0.25) is 0 Å². The number of anilines is 1. The maximum absolute atomic E-state index is 6.11. The Morgan fingerprint density at radius 2 is 2.03 bits per heavy atom. The van der Waals surface area contributed by atoms with Crippen LogP contribution in [0.4, 0.5) is 5.82 Å². The number of hydrogen-bond acceptors (Lipinski definition) is 6. The number of aromatic amines is 2. The summed E-state index contributed by atoms with van der Waals surface area (Å²) in [4.78, 5) is 17.0. The van der Waals surface area contributed by atoms with E-state index in [0.29, 0.717) is 11.6 Å². The molecule has 0 amide bonds. The highest BCUT2D eigenvalue weighted by atomic mass is 16.5. The predicted octanol–water partition coefficient (Wildman–Crippen LogP) is 4.10. The summed E-state index contributed by atoms with van der Waals surface area (Å²) in [6.45, 7) is 13.9. The van der Waals surface area contributed by atoms with E-state index in [1.54, 1.807) is 0 Å². The van der Waals surface area contributed by atoms with E-state index in [1.165, 1.54) is 5.39 Å². The van der Waals surface area contributed by atoms with Crippen molar-refractivity contribution in [2.75, 3.05) is 45.3 Å². The number of nitrogens with zero attached hydrogens (tertiary/aromatic N) is 5. The van der Waals surface area contributed by atoms with Crippen LogP contribution in [0.25, 0.3) is 10.9 Å². The first-order valence-corrected chi connectivity index (χ1v) is 12.2. The second-order valence-electron chi connectivity index (χ2n) is 9.02. The van der Waals surface area contributed by atoms with Crippen LogP contribution in [0.5, 0.6) is 5.75 Å². The van der Waals surface area contributed by atoms with Gasteiger partial charge in [-0.05, 0) is 52.2 Å². The number of likely N-dealkylation sites (N-methyl/N-ethyl adjacent to an activating group) is 1. The minimum Gasteiger partial charge on any atom is -0.471 e. The second-order valence-corrected chi connectivity index (χ2v) is 9.02. The van der Waals surface area contributed by atoms with E-state index >= 15 is 0 Å². The van der Waals surface area contributed by atoms with Gasteiger partial charge in [0.1, 0.15) is 17.4 Å². The van der Waals surface area contributed by atoms with Gasteiger partial charge in [-0.15, -0.1) is 0 Å². The number of ether oxygens (including phenoxy) is 1. The van der Waals surface area contributed by atoms with Gasteiger partial charge >= 0.3 is 0 Å². The molecule has 2 aromatic heterocycles. The zero-order valence-corrected chi connectivity index (χ0v) is 21.2. The molecule has 1 saturated heterocycles. The maximum atomic E-state index is 6.11. The quantitative estimate of drug-likeness (QED) is 0.319. The molecule has 3 aromatic rings. The van der Waals surface area contributed by atoms with Crippen molar-refractivity contribution in [2.45, 2.75) is 33.6 Å². The molecule has 35 heavy (non-hydrogen) atoms. The zero-order chi connectivity index (χ0) is 24.8. The second kappa shape index (κ2) is 11.2. The number of fused-ring (bicyclic) bond motifs is 1. The van der Waals surface area contributed by atoms with Gasteiger partial charge in [0.05, 0.1) is 0 Å². The lowest BCUT2D eigenvalue weighted by atomic mass is 10.1. The fraction of sp³-hybridized carbons (Fsp3) is 0.423. The van der Waals surface area contributed by atoms with E-state index in [0.717, 1.165) is 73.1 Å². The predicted molar refractivity (Wildman–Crippen MR) is 144 cm³/mol. The van der Waals surface area contributed by atoms with Gasteiger partial charge in [0.25, 0.3) is 0 Å². The number of benzene rings is 1. The van der Waals surface area contributed by atoms with E-state index in [4.69, 9.17) is 9.73 Å². The van der Waals surface area contributed by atoms with Crippen LogP contribution in [0.3, 0.4) is 0 Å². The average molecular weight is 477 g/mol. The average Bonchev–Trinajstić information content (AvgIpc) is 3.46. The Labute approximate surface area is 207 Å². The van der Waals surface area contributed by atoms with Crippen LogP contribution in [-0.4, -0.2) is 77.5 Å². The first-order chi connectivity index (χ1) is 17.0. The van der Waals surface area contributed by atoms with Gasteiger partial charge in [-0.1, -0.05) is 13.3 Å². The van der Waals surface area contributed by atoms with Crippen LogP contribution in [0.1, 0.15) is 30.3 Å². The Morgan fingerprint density at radius 3 is 2.77 bits per heavy atom. The molecule has 1 aliphatic heterocycles. The molecule has 9 nitrogen and oxygen atoms in total. The highest BCUT2D eigenvalue weighted by Crippen LogP contribution is 2.27. The van der Waals surface area contributed by atoms with Crippen LogP contribution in [0.15, 0.2) is 46.1 Å². The monoisotopic (exact) mass is 476 g/mol. The van der Waals surface area contributed by atoms with Crippen molar-refractivity contribution in [1.82, 2.24) is 25.0 Å².